The van der Waals surface area contributed by atoms with Crippen molar-refractivity contribution < 1.29 is 24.5 Å². The van der Waals surface area contributed by atoms with Crippen molar-refractivity contribution in [2.45, 2.75) is 19.4 Å². The summed E-state index contributed by atoms with van der Waals surface area (Å²) in [5.41, 5.74) is 4.13. The number of nitrogens with zero attached hydrogens (tertiary/aromatic N) is 2. The number of aromatic hydroxyl groups is 1. The number of aromatic nitrogens is 2. The Morgan fingerprint density at radius 3 is 2.61 bits per heavy atom. The summed E-state index contributed by atoms with van der Waals surface area (Å²) in [5, 5.41) is 27.0. The van der Waals surface area contributed by atoms with Gasteiger partial charge in [0.25, 0.3) is 5.91 Å². The lowest BCUT2D eigenvalue weighted by atomic mass is 9.94. The molecule has 2 heterocycles. The number of phenolic OH excluding ortho intramolecular Hbond substituents is 1. The van der Waals surface area contributed by atoms with Crippen molar-refractivity contribution >= 4 is 11.9 Å². The highest BCUT2D eigenvalue weighted by Crippen LogP contribution is 2.44. The number of aliphatic hydroxyl groups excluding tert-OH is 1. The maximum atomic E-state index is 13.1. The third kappa shape index (κ3) is 3.55. The number of aromatic amines is 1. The monoisotopic (exact) mass is 421 g/mol. The smallest absolute Gasteiger partial charge is 0.337 e. The fourth-order valence-electron chi connectivity index (χ4n) is 3.98. The number of methoxy groups -OCH3 is 1. The molecule has 8 nitrogen and oxygen atoms in total. The Balaban J connectivity index is 1.84. The van der Waals surface area contributed by atoms with Gasteiger partial charge in [-0.05, 0) is 48.7 Å². The number of fused-ring (bicyclic) bond motifs is 1. The predicted molar refractivity (Wildman–Crippen MR) is 113 cm³/mol. The summed E-state index contributed by atoms with van der Waals surface area (Å²) in [6.45, 7) is 2.18. The van der Waals surface area contributed by atoms with Crippen LogP contribution in [0.15, 0.2) is 42.5 Å². The molecule has 8 heteroatoms. The SMILES string of the molecule is COC(=O)c1ccc([C@H]2c3c(-c4ccc(C)cc4O)n[nH]c3C(=O)N2CCCO)cc1. The van der Waals surface area contributed by atoms with Crippen LogP contribution in [0.3, 0.4) is 0 Å². The Morgan fingerprint density at radius 1 is 1.23 bits per heavy atom. The number of phenols is 1. The van der Waals surface area contributed by atoms with Crippen molar-refractivity contribution in [2.75, 3.05) is 20.3 Å². The zero-order valence-corrected chi connectivity index (χ0v) is 17.3. The number of aliphatic hydroxyl groups is 1. The van der Waals surface area contributed by atoms with Crippen LogP contribution in [0.5, 0.6) is 5.75 Å². The van der Waals surface area contributed by atoms with E-state index in [1.165, 1.54) is 7.11 Å². The van der Waals surface area contributed by atoms with Gasteiger partial charge in [0, 0.05) is 24.3 Å². The molecule has 31 heavy (non-hydrogen) atoms. The molecule has 0 bridgehead atoms. The minimum absolute atomic E-state index is 0.0461. The highest BCUT2D eigenvalue weighted by Gasteiger charge is 2.42. The van der Waals surface area contributed by atoms with Crippen LogP contribution < -0.4 is 0 Å². The number of H-pyrrole nitrogens is 1. The molecular weight excluding hydrogens is 398 g/mol. The van der Waals surface area contributed by atoms with E-state index in [1.54, 1.807) is 41.3 Å². The number of aryl methyl sites for hydroxylation is 1. The maximum Gasteiger partial charge on any atom is 0.337 e. The quantitative estimate of drug-likeness (QED) is 0.527. The number of carbonyl (C=O) groups is 2. The van der Waals surface area contributed by atoms with Crippen molar-refractivity contribution in [1.82, 2.24) is 15.1 Å². The first-order chi connectivity index (χ1) is 15.0. The van der Waals surface area contributed by atoms with Gasteiger partial charge in [0.2, 0.25) is 0 Å². The fourth-order valence-corrected chi connectivity index (χ4v) is 3.98. The van der Waals surface area contributed by atoms with Gasteiger partial charge in [-0.25, -0.2) is 4.79 Å². The van der Waals surface area contributed by atoms with E-state index >= 15 is 0 Å². The van der Waals surface area contributed by atoms with Crippen molar-refractivity contribution in [3.8, 4) is 17.0 Å². The standard InChI is InChI=1S/C23H23N3O5/c1-13-4-9-16(17(28)12-13)19-18-20(25-24-19)22(29)26(10-3-11-27)21(18)14-5-7-15(8-6-14)23(30)31-2/h4-9,12,21,27-28H,3,10-11H2,1-2H3,(H,24,25)/t21-/m0/s1. The number of hydrogen-bond donors (Lipinski definition) is 3. The number of benzene rings is 2. The van der Waals surface area contributed by atoms with Gasteiger partial charge in [0.15, 0.2) is 0 Å². The topological polar surface area (TPSA) is 116 Å². The molecule has 0 saturated carbocycles. The largest absolute Gasteiger partial charge is 0.507 e. The van der Waals surface area contributed by atoms with E-state index in [1.807, 2.05) is 13.0 Å². The van der Waals surface area contributed by atoms with Gasteiger partial charge < -0.3 is 19.8 Å². The number of amides is 1. The van der Waals surface area contributed by atoms with Gasteiger partial charge in [0.1, 0.15) is 17.1 Å². The minimum atomic E-state index is -0.477. The average molecular weight is 421 g/mol. The minimum Gasteiger partial charge on any atom is -0.507 e. The van der Waals surface area contributed by atoms with Crippen LogP contribution in [0.2, 0.25) is 0 Å². The Bertz CT molecular complexity index is 1140. The van der Waals surface area contributed by atoms with Gasteiger partial charge in [-0.1, -0.05) is 18.2 Å². The average Bonchev–Trinajstić information content (AvgIpc) is 3.31. The number of hydrogen-bond acceptors (Lipinski definition) is 6. The summed E-state index contributed by atoms with van der Waals surface area (Å²) in [6.07, 6.45) is 0.422. The molecule has 1 aromatic heterocycles. The summed E-state index contributed by atoms with van der Waals surface area (Å²) < 4.78 is 4.76. The molecule has 1 amide bonds. The zero-order chi connectivity index (χ0) is 22.1. The Kier molecular flexibility index (Phi) is 5.48. The number of carbonyl (C=O) groups excluding carboxylic acids is 2. The van der Waals surface area contributed by atoms with E-state index in [9.17, 15) is 19.8 Å². The lowest BCUT2D eigenvalue weighted by molar-refractivity contribution is 0.0599. The Labute approximate surface area is 179 Å². The first-order valence-electron chi connectivity index (χ1n) is 9.94. The third-order valence-electron chi connectivity index (χ3n) is 5.48. The van der Waals surface area contributed by atoms with Crippen molar-refractivity contribution in [3.05, 3.63) is 70.4 Å². The number of rotatable bonds is 6. The van der Waals surface area contributed by atoms with Crippen molar-refractivity contribution in [1.29, 1.82) is 0 Å². The molecule has 3 N–H and O–H groups in total. The molecule has 2 aromatic carbocycles. The normalized spacial score (nSPS) is 15.3. The molecule has 0 unspecified atom stereocenters. The Hall–Kier alpha value is -3.65. The molecule has 160 valence electrons. The van der Waals surface area contributed by atoms with Gasteiger partial charge in [-0.15, -0.1) is 0 Å². The predicted octanol–water partition coefficient (Wildman–Crippen LogP) is 2.80. The van der Waals surface area contributed by atoms with E-state index in [4.69, 9.17) is 4.74 Å². The summed E-state index contributed by atoms with van der Waals surface area (Å²) in [6, 6.07) is 11.7. The number of ether oxygens (including phenoxy) is 1. The molecule has 0 radical (unpaired) electrons. The molecule has 1 aliphatic rings. The van der Waals surface area contributed by atoms with E-state index in [2.05, 4.69) is 10.2 Å². The maximum absolute atomic E-state index is 13.1. The molecule has 1 atom stereocenters. The molecule has 0 spiro atoms. The number of nitrogens with one attached hydrogen (secondary N) is 1. The number of esters is 1. The third-order valence-corrected chi connectivity index (χ3v) is 5.48. The summed E-state index contributed by atoms with van der Waals surface area (Å²) in [5.74, 6) is -0.591. The van der Waals surface area contributed by atoms with E-state index in [0.717, 1.165) is 11.1 Å². The second-order valence-electron chi connectivity index (χ2n) is 7.47. The fraction of sp³-hybridized carbons (Fsp3) is 0.261. The molecule has 3 aromatic rings. The molecule has 1 aliphatic heterocycles. The zero-order valence-electron chi connectivity index (χ0n) is 17.3. The van der Waals surface area contributed by atoms with Gasteiger partial charge in [0.05, 0.1) is 18.7 Å². The van der Waals surface area contributed by atoms with E-state index in [-0.39, 0.29) is 18.3 Å². The van der Waals surface area contributed by atoms with Crippen LogP contribution in [0.4, 0.5) is 0 Å². The lowest BCUT2D eigenvalue weighted by Crippen LogP contribution is -2.31. The highest BCUT2D eigenvalue weighted by atomic mass is 16.5. The summed E-state index contributed by atoms with van der Waals surface area (Å²) in [4.78, 5) is 26.6. The first-order valence-corrected chi connectivity index (χ1v) is 9.94. The Morgan fingerprint density at radius 2 is 1.97 bits per heavy atom. The summed E-state index contributed by atoms with van der Waals surface area (Å²) >= 11 is 0. The van der Waals surface area contributed by atoms with Crippen LogP contribution in [-0.4, -0.2) is 57.4 Å². The van der Waals surface area contributed by atoms with Crippen molar-refractivity contribution in [3.63, 3.8) is 0 Å². The molecule has 0 saturated heterocycles. The van der Waals surface area contributed by atoms with Crippen LogP contribution >= 0.6 is 0 Å². The van der Waals surface area contributed by atoms with Gasteiger partial charge in [-0.3, -0.25) is 9.89 Å². The van der Waals surface area contributed by atoms with Crippen LogP contribution in [-0.2, 0) is 4.74 Å². The van der Waals surface area contributed by atoms with Crippen LogP contribution in [0, 0.1) is 6.92 Å². The van der Waals surface area contributed by atoms with E-state index in [0.29, 0.717) is 41.0 Å². The second kappa shape index (κ2) is 8.23. The molecule has 4 rings (SSSR count). The molecular formula is C23H23N3O5. The van der Waals surface area contributed by atoms with Crippen LogP contribution in [0.1, 0.15) is 50.0 Å². The second-order valence-corrected chi connectivity index (χ2v) is 7.47. The molecule has 0 fully saturated rings. The van der Waals surface area contributed by atoms with Gasteiger partial charge >= 0.3 is 5.97 Å². The van der Waals surface area contributed by atoms with Crippen molar-refractivity contribution in [2.24, 2.45) is 0 Å². The highest BCUT2D eigenvalue weighted by molar-refractivity contribution is 6.00. The molecule has 0 aliphatic carbocycles. The summed E-state index contributed by atoms with van der Waals surface area (Å²) in [7, 11) is 1.32. The van der Waals surface area contributed by atoms with Gasteiger partial charge in [-0.2, -0.15) is 5.10 Å². The van der Waals surface area contributed by atoms with E-state index < -0.39 is 12.0 Å². The lowest BCUT2D eigenvalue weighted by Gasteiger charge is -2.26. The van der Waals surface area contributed by atoms with Crippen LogP contribution in [0.25, 0.3) is 11.3 Å². The first kappa shape index (κ1) is 20.6.